The fourth-order valence-electron chi connectivity index (χ4n) is 1.47. The number of hydrogen-bond donors (Lipinski definition) is 0. The second kappa shape index (κ2) is 5.10. The lowest BCUT2D eigenvalue weighted by Gasteiger charge is -1.94. The van der Waals surface area contributed by atoms with Gasteiger partial charge in [0.25, 0.3) is 0 Å². The number of hydrogen-bond acceptors (Lipinski definition) is 0. The summed E-state index contributed by atoms with van der Waals surface area (Å²) in [5, 5.41) is 1.27. The van der Waals surface area contributed by atoms with E-state index in [1.807, 2.05) is 13.0 Å². The predicted octanol–water partition coefficient (Wildman–Crippen LogP) is -0.378. The van der Waals surface area contributed by atoms with Gasteiger partial charge in [0.15, 0.2) is 12.4 Å². The first-order valence-electron chi connectivity index (χ1n) is 4.43. The third kappa shape index (κ3) is 2.12. The van der Waals surface area contributed by atoms with Gasteiger partial charge in [0.2, 0.25) is 5.52 Å². The van der Waals surface area contributed by atoms with Crippen LogP contribution >= 0.6 is 0 Å². The zero-order chi connectivity index (χ0) is 9.10. The van der Waals surface area contributed by atoms with E-state index in [1.165, 1.54) is 10.9 Å². The predicted molar refractivity (Wildman–Crippen MR) is 55.1 cm³/mol. The fraction of sp³-hybridized carbons (Fsp3) is 0.0833. The Balaban J connectivity index is 0.000000980. The van der Waals surface area contributed by atoms with Crippen molar-refractivity contribution in [3.63, 3.8) is 0 Å². The molecule has 1 heterocycles. The van der Waals surface area contributed by atoms with E-state index in [2.05, 4.69) is 53.4 Å². The average molecular weight is 297 g/mol. The molecule has 1 nitrogen and oxygen atoms in total. The number of pyridine rings is 1. The second-order valence-corrected chi connectivity index (χ2v) is 2.96. The molecule has 0 saturated heterocycles. The minimum atomic E-state index is 0. The van der Waals surface area contributed by atoms with E-state index >= 15 is 0 Å². The van der Waals surface area contributed by atoms with Gasteiger partial charge in [-0.05, 0) is 25.1 Å². The highest BCUT2D eigenvalue weighted by atomic mass is 127. The van der Waals surface area contributed by atoms with Crippen LogP contribution in [0, 0.1) is 0 Å². The number of halogens is 1. The molecule has 0 aliphatic rings. The maximum atomic E-state index is 2.12. The largest absolute Gasteiger partial charge is 1.00 e. The van der Waals surface area contributed by atoms with Crippen LogP contribution in [0.4, 0.5) is 0 Å². The molecule has 0 unspecified atom stereocenters. The number of allylic oxidation sites excluding steroid dienone is 1. The fourth-order valence-corrected chi connectivity index (χ4v) is 1.47. The molecule has 0 radical (unpaired) electrons. The van der Waals surface area contributed by atoms with Crippen molar-refractivity contribution in [3.8, 4) is 0 Å². The highest BCUT2D eigenvalue weighted by molar-refractivity contribution is 5.75. The Morgan fingerprint density at radius 1 is 1.07 bits per heavy atom. The average Bonchev–Trinajstić information content (AvgIpc) is 2.19. The molecule has 0 amide bonds. The van der Waals surface area contributed by atoms with Crippen LogP contribution in [0.1, 0.15) is 6.92 Å². The van der Waals surface area contributed by atoms with Gasteiger partial charge < -0.3 is 24.0 Å². The summed E-state index contributed by atoms with van der Waals surface area (Å²) in [6.45, 7) is 2.02. The monoisotopic (exact) mass is 297 g/mol. The van der Waals surface area contributed by atoms with Gasteiger partial charge in [-0.3, -0.25) is 0 Å². The third-order valence-electron chi connectivity index (χ3n) is 2.05. The van der Waals surface area contributed by atoms with E-state index in [0.717, 1.165) is 0 Å². The lowest BCUT2D eigenvalue weighted by Crippen LogP contribution is -3.00. The van der Waals surface area contributed by atoms with Crippen LogP contribution in [0.5, 0.6) is 0 Å². The van der Waals surface area contributed by atoms with Crippen molar-refractivity contribution in [2.45, 2.75) is 6.92 Å². The molecule has 0 atom stereocenters. The van der Waals surface area contributed by atoms with Crippen molar-refractivity contribution in [3.05, 3.63) is 48.7 Å². The Labute approximate surface area is 101 Å². The minimum Gasteiger partial charge on any atom is -1.00 e. The van der Waals surface area contributed by atoms with Crippen molar-refractivity contribution >= 4 is 17.1 Å². The quantitative estimate of drug-likeness (QED) is 0.499. The Morgan fingerprint density at radius 2 is 1.79 bits per heavy atom. The molecule has 0 saturated carbocycles. The first kappa shape index (κ1) is 11.2. The van der Waals surface area contributed by atoms with Crippen molar-refractivity contribution in [2.24, 2.45) is 0 Å². The highest BCUT2D eigenvalue weighted by Crippen LogP contribution is 2.07. The number of aromatic nitrogens is 1. The molecule has 72 valence electrons. The van der Waals surface area contributed by atoms with E-state index in [9.17, 15) is 0 Å². The standard InChI is InChI=1S/C12H12N.HI/c1-2-9-13-10-5-7-11-6-3-4-8-12(11)13;/h2-10H,1H3;1H/q+1;/p-1. The van der Waals surface area contributed by atoms with E-state index in [1.54, 1.807) is 0 Å². The van der Waals surface area contributed by atoms with Gasteiger partial charge in [-0.25, -0.2) is 0 Å². The molecule has 0 bridgehead atoms. The van der Waals surface area contributed by atoms with Crippen molar-refractivity contribution in [1.82, 2.24) is 0 Å². The SMILES string of the molecule is CC=C[n+]1cccc2ccccc21.[I-]. The third-order valence-corrected chi connectivity index (χ3v) is 2.05. The van der Waals surface area contributed by atoms with Crippen molar-refractivity contribution < 1.29 is 28.5 Å². The van der Waals surface area contributed by atoms with Gasteiger partial charge in [0, 0.05) is 17.5 Å². The minimum absolute atomic E-state index is 0. The molecule has 2 rings (SSSR count). The van der Waals surface area contributed by atoms with Gasteiger partial charge in [-0.1, -0.05) is 12.1 Å². The molecule has 1 aromatic carbocycles. The van der Waals surface area contributed by atoms with Crippen LogP contribution in [0.25, 0.3) is 17.1 Å². The highest BCUT2D eigenvalue weighted by Gasteiger charge is 2.02. The lowest BCUT2D eigenvalue weighted by molar-refractivity contribution is -0.539. The van der Waals surface area contributed by atoms with Gasteiger partial charge in [0.05, 0.1) is 0 Å². The smallest absolute Gasteiger partial charge is 0.217 e. The van der Waals surface area contributed by atoms with Crippen LogP contribution in [-0.2, 0) is 0 Å². The summed E-state index contributed by atoms with van der Waals surface area (Å²) in [6, 6.07) is 12.5. The van der Waals surface area contributed by atoms with E-state index < -0.39 is 0 Å². The number of nitrogens with zero attached hydrogens (tertiary/aromatic N) is 1. The summed E-state index contributed by atoms with van der Waals surface area (Å²) in [4.78, 5) is 0. The van der Waals surface area contributed by atoms with Gasteiger partial charge in [0.1, 0.15) is 0 Å². The Kier molecular flexibility index (Phi) is 4.07. The molecule has 0 aliphatic heterocycles. The number of benzene rings is 1. The summed E-state index contributed by atoms with van der Waals surface area (Å²) in [5.41, 5.74) is 1.24. The topological polar surface area (TPSA) is 3.88 Å². The van der Waals surface area contributed by atoms with Crippen molar-refractivity contribution in [1.29, 1.82) is 0 Å². The van der Waals surface area contributed by atoms with Crippen LogP contribution in [0.2, 0.25) is 0 Å². The van der Waals surface area contributed by atoms with Crippen LogP contribution in [0.3, 0.4) is 0 Å². The molecule has 0 aliphatic carbocycles. The molecule has 2 aromatic rings. The summed E-state index contributed by atoms with van der Waals surface area (Å²) in [5.74, 6) is 0. The normalized spacial score (nSPS) is 10.4. The van der Waals surface area contributed by atoms with Crippen LogP contribution < -0.4 is 28.5 Å². The Bertz CT molecular complexity index is 444. The molecular weight excluding hydrogens is 285 g/mol. The summed E-state index contributed by atoms with van der Waals surface area (Å²) < 4.78 is 2.12. The maximum Gasteiger partial charge on any atom is 0.217 e. The molecule has 14 heavy (non-hydrogen) atoms. The second-order valence-electron chi connectivity index (χ2n) is 2.96. The van der Waals surface area contributed by atoms with Gasteiger partial charge >= 0.3 is 0 Å². The zero-order valence-corrected chi connectivity index (χ0v) is 10.2. The van der Waals surface area contributed by atoms with Gasteiger partial charge in [-0.15, -0.1) is 0 Å². The molecule has 0 fully saturated rings. The lowest BCUT2D eigenvalue weighted by atomic mass is 10.2. The Morgan fingerprint density at radius 3 is 2.57 bits per heavy atom. The first-order valence-corrected chi connectivity index (χ1v) is 4.43. The number of fused-ring (bicyclic) bond motifs is 1. The van der Waals surface area contributed by atoms with E-state index in [4.69, 9.17) is 0 Å². The number of para-hydroxylation sites is 1. The zero-order valence-electron chi connectivity index (χ0n) is 8.02. The molecule has 0 N–H and O–H groups in total. The van der Waals surface area contributed by atoms with Gasteiger partial charge in [-0.2, -0.15) is 4.57 Å². The van der Waals surface area contributed by atoms with Crippen molar-refractivity contribution in [2.75, 3.05) is 0 Å². The maximum absolute atomic E-state index is 2.12. The molecular formula is C12H12IN. The molecule has 0 spiro atoms. The first-order chi connectivity index (χ1) is 6.42. The molecule has 2 heteroatoms. The molecule has 1 aromatic heterocycles. The summed E-state index contributed by atoms with van der Waals surface area (Å²) >= 11 is 0. The number of rotatable bonds is 1. The Hall–Kier alpha value is -0.900. The van der Waals surface area contributed by atoms with Crippen LogP contribution in [0.15, 0.2) is 48.7 Å². The summed E-state index contributed by atoms with van der Waals surface area (Å²) in [6.07, 6.45) is 6.15. The van der Waals surface area contributed by atoms with E-state index in [-0.39, 0.29) is 24.0 Å². The summed E-state index contributed by atoms with van der Waals surface area (Å²) in [7, 11) is 0. The van der Waals surface area contributed by atoms with Crippen LogP contribution in [-0.4, -0.2) is 0 Å². The van der Waals surface area contributed by atoms with E-state index in [0.29, 0.717) is 0 Å².